The van der Waals surface area contributed by atoms with E-state index in [0.717, 1.165) is 24.9 Å². The number of nitrogens with zero attached hydrogens (tertiary/aromatic N) is 1. The Morgan fingerprint density at radius 3 is 2.33 bits per heavy atom. The van der Waals surface area contributed by atoms with Crippen LogP contribution >= 0.6 is 23.2 Å². The van der Waals surface area contributed by atoms with E-state index in [2.05, 4.69) is 32.6 Å². The van der Waals surface area contributed by atoms with Crippen LogP contribution in [0.3, 0.4) is 0 Å². The van der Waals surface area contributed by atoms with Crippen molar-refractivity contribution in [2.24, 2.45) is 0 Å². The number of anilines is 1. The predicted molar refractivity (Wildman–Crippen MR) is 89.9 cm³/mol. The molecule has 2 atom stereocenters. The van der Waals surface area contributed by atoms with E-state index in [-0.39, 0.29) is 17.9 Å². The Labute approximate surface area is 137 Å². The lowest BCUT2D eigenvalue weighted by molar-refractivity contribution is -0.0347. The lowest BCUT2D eigenvalue weighted by atomic mass is 10.0. The van der Waals surface area contributed by atoms with Crippen molar-refractivity contribution in [2.45, 2.75) is 58.4 Å². The number of nitrogen functional groups attached to an aromatic ring is 1. The predicted octanol–water partition coefficient (Wildman–Crippen LogP) is 4.87. The van der Waals surface area contributed by atoms with Crippen LogP contribution in [0.15, 0.2) is 12.1 Å². The summed E-state index contributed by atoms with van der Waals surface area (Å²) < 4.78 is 6.24. The van der Waals surface area contributed by atoms with Crippen molar-refractivity contribution in [1.29, 1.82) is 0 Å². The number of ether oxygens (including phenoxy) is 1. The highest BCUT2D eigenvalue weighted by Crippen LogP contribution is 2.38. The third kappa shape index (κ3) is 3.65. The molecule has 0 radical (unpaired) electrons. The van der Waals surface area contributed by atoms with Crippen LogP contribution < -0.4 is 5.73 Å². The summed E-state index contributed by atoms with van der Waals surface area (Å²) in [5.74, 6) is 0. The Morgan fingerprint density at radius 2 is 1.86 bits per heavy atom. The van der Waals surface area contributed by atoms with Crippen molar-refractivity contribution >= 4 is 28.9 Å². The van der Waals surface area contributed by atoms with E-state index < -0.39 is 0 Å². The highest BCUT2D eigenvalue weighted by Gasteiger charge is 2.39. The molecule has 2 unspecified atom stereocenters. The maximum atomic E-state index is 6.24. The number of hydrogen-bond acceptors (Lipinski definition) is 3. The maximum Gasteiger partial charge on any atom is 0.112 e. The van der Waals surface area contributed by atoms with Gasteiger partial charge in [-0.3, -0.25) is 4.90 Å². The smallest absolute Gasteiger partial charge is 0.112 e. The summed E-state index contributed by atoms with van der Waals surface area (Å²) in [5, 5.41) is 0.977. The SMILES string of the molecule is CCCC1OC(c2cc(Cl)c(N)c(Cl)c2)CN1C(C)(C)C. The standard InChI is InChI=1S/C16H24Cl2N2O/c1-5-6-14-20(16(2,3)4)9-13(21-14)10-7-11(17)15(19)12(18)8-10/h7-8,13-14H,5-6,9,19H2,1-4H3. The van der Waals surface area contributed by atoms with E-state index in [9.17, 15) is 0 Å². The third-order valence-electron chi connectivity index (χ3n) is 3.90. The summed E-state index contributed by atoms with van der Waals surface area (Å²) in [7, 11) is 0. The summed E-state index contributed by atoms with van der Waals surface area (Å²) in [6.45, 7) is 9.65. The van der Waals surface area contributed by atoms with E-state index in [1.54, 1.807) is 0 Å². The molecular weight excluding hydrogens is 307 g/mol. The van der Waals surface area contributed by atoms with Gasteiger partial charge in [-0.2, -0.15) is 0 Å². The quantitative estimate of drug-likeness (QED) is 0.803. The molecular formula is C16H24Cl2N2O. The average Bonchev–Trinajstić information content (AvgIpc) is 2.80. The van der Waals surface area contributed by atoms with Crippen molar-refractivity contribution in [3.8, 4) is 0 Å². The lowest BCUT2D eigenvalue weighted by Crippen LogP contribution is -2.44. The number of nitrogens with two attached hydrogens (primary N) is 1. The first-order valence-electron chi connectivity index (χ1n) is 7.40. The van der Waals surface area contributed by atoms with Crippen molar-refractivity contribution in [3.05, 3.63) is 27.7 Å². The zero-order valence-corrected chi connectivity index (χ0v) is 14.6. The molecule has 5 heteroatoms. The Morgan fingerprint density at radius 1 is 1.29 bits per heavy atom. The molecule has 1 aliphatic heterocycles. The van der Waals surface area contributed by atoms with Crippen LogP contribution in [0, 0.1) is 0 Å². The lowest BCUT2D eigenvalue weighted by Gasteiger charge is -2.35. The maximum absolute atomic E-state index is 6.24. The molecule has 1 aromatic carbocycles. The minimum Gasteiger partial charge on any atom is -0.396 e. The molecule has 1 aliphatic rings. The highest BCUT2D eigenvalue weighted by atomic mass is 35.5. The van der Waals surface area contributed by atoms with Gasteiger partial charge in [-0.1, -0.05) is 36.5 Å². The van der Waals surface area contributed by atoms with Crippen molar-refractivity contribution in [1.82, 2.24) is 4.90 Å². The van der Waals surface area contributed by atoms with Crippen LogP contribution in [0.2, 0.25) is 10.0 Å². The molecule has 1 aromatic rings. The van der Waals surface area contributed by atoms with Gasteiger partial charge < -0.3 is 10.5 Å². The van der Waals surface area contributed by atoms with Gasteiger partial charge in [0.2, 0.25) is 0 Å². The third-order valence-corrected chi connectivity index (χ3v) is 4.53. The van der Waals surface area contributed by atoms with Gasteiger partial charge in [0, 0.05) is 12.1 Å². The Bertz CT molecular complexity index is 490. The molecule has 0 amide bonds. The van der Waals surface area contributed by atoms with Gasteiger partial charge >= 0.3 is 0 Å². The molecule has 1 fully saturated rings. The molecule has 2 N–H and O–H groups in total. The topological polar surface area (TPSA) is 38.5 Å². The Kier molecular flexibility index (Phi) is 5.09. The molecule has 3 nitrogen and oxygen atoms in total. The number of halogens is 2. The largest absolute Gasteiger partial charge is 0.396 e. The molecule has 0 aliphatic carbocycles. The first-order valence-corrected chi connectivity index (χ1v) is 8.16. The normalized spacial score (nSPS) is 23.7. The van der Waals surface area contributed by atoms with Gasteiger partial charge in [0.05, 0.1) is 21.8 Å². The fourth-order valence-electron chi connectivity index (χ4n) is 2.75. The van der Waals surface area contributed by atoms with Gasteiger partial charge in [-0.15, -0.1) is 0 Å². The monoisotopic (exact) mass is 330 g/mol. The molecule has 118 valence electrons. The van der Waals surface area contributed by atoms with Crippen LogP contribution in [0.5, 0.6) is 0 Å². The van der Waals surface area contributed by atoms with Crippen LogP contribution in [0.4, 0.5) is 5.69 Å². The Hall–Kier alpha value is -0.480. The summed E-state index contributed by atoms with van der Waals surface area (Å²) in [5.41, 5.74) is 7.29. The van der Waals surface area contributed by atoms with Gasteiger partial charge in [0.25, 0.3) is 0 Å². The summed E-state index contributed by atoms with van der Waals surface area (Å²) in [6, 6.07) is 3.73. The second-order valence-corrected chi connectivity index (χ2v) is 7.40. The van der Waals surface area contributed by atoms with E-state index >= 15 is 0 Å². The summed E-state index contributed by atoms with van der Waals surface area (Å²) >= 11 is 12.3. The molecule has 2 rings (SSSR count). The average molecular weight is 331 g/mol. The van der Waals surface area contributed by atoms with E-state index in [0.29, 0.717) is 15.7 Å². The zero-order valence-electron chi connectivity index (χ0n) is 13.1. The Balaban J connectivity index is 2.26. The van der Waals surface area contributed by atoms with E-state index in [4.69, 9.17) is 33.7 Å². The minimum atomic E-state index is -0.0172. The molecule has 0 bridgehead atoms. The minimum absolute atomic E-state index is 0.0172. The summed E-state index contributed by atoms with van der Waals surface area (Å²) in [4.78, 5) is 2.40. The number of rotatable bonds is 3. The number of benzene rings is 1. The molecule has 0 spiro atoms. The van der Waals surface area contributed by atoms with Gasteiger partial charge in [-0.25, -0.2) is 0 Å². The first-order chi connectivity index (χ1) is 9.74. The molecule has 0 saturated carbocycles. The van der Waals surface area contributed by atoms with Crippen molar-refractivity contribution < 1.29 is 4.74 Å². The van der Waals surface area contributed by atoms with Gasteiger partial charge in [0.15, 0.2) is 0 Å². The van der Waals surface area contributed by atoms with Crippen LogP contribution in [0.25, 0.3) is 0 Å². The molecule has 1 saturated heterocycles. The number of hydrogen-bond donors (Lipinski definition) is 1. The fourth-order valence-corrected chi connectivity index (χ4v) is 3.26. The van der Waals surface area contributed by atoms with Gasteiger partial charge in [0.1, 0.15) is 6.23 Å². The van der Waals surface area contributed by atoms with Crippen molar-refractivity contribution in [2.75, 3.05) is 12.3 Å². The fraction of sp³-hybridized carbons (Fsp3) is 0.625. The second-order valence-electron chi connectivity index (χ2n) is 6.59. The van der Waals surface area contributed by atoms with E-state index in [1.165, 1.54) is 0 Å². The highest BCUT2D eigenvalue weighted by molar-refractivity contribution is 6.38. The summed E-state index contributed by atoms with van der Waals surface area (Å²) in [6.07, 6.45) is 2.23. The van der Waals surface area contributed by atoms with Crippen LogP contribution in [0.1, 0.15) is 52.2 Å². The molecule has 21 heavy (non-hydrogen) atoms. The first kappa shape index (κ1) is 16.9. The van der Waals surface area contributed by atoms with E-state index in [1.807, 2.05) is 12.1 Å². The van der Waals surface area contributed by atoms with Gasteiger partial charge in [-0.05, 0) is 44.9 Å². The van der Waals surface area contributed by atoms with Crippen molar-refractivity contribution in [3.63, 3.8) is 0 Å². The molecule has 1 heterocycles. The molecule has 0 aromatic heterocycles. The van der Waals surface area contributed by atoms with Crippen LogP contribution in [-0.4, -0.2) is 23.2 Å². The van der Waals surface area contributed by atoms with Crippen LogP contribution in [-0.2, 0) is 4.74 Å². The zero-order chi connectivity index (χ0) is 15.8. The second kappa shape index (κ2) is 6.33.